The van der Waals surface area contributed by atoms with Crippen LogP contribution in [0.3, 0.4) is 0 Å². The van der Waals surface area contributed by atoms with Gasteiger partial charge in [0.05, 0.1) is 0 Å². The lowest BCUT2D eigenvalue weighted by Crippen LogP contribution is -2.10. The molecule has 3 nitrogen and oxygen atoms in total. The molecule has 0 unspecified atom stereocenters. The number of hydrogen-bond donors (Lipinski definition) is 1. The molecule has 0 saturated carbocycles. The van der Waals surface area contributed by atoms with Crippen molar-refractivity contribution in [2.75, 3.05) is 0 Å². The summed E-state index contributed by atoms with van der Waals surface area (Å²) in [6, 6.07) is 12.2. The summed E-state index contributed by atoms with van der Waals surface area (Å²) < 4.78 is 5.71. The molecule has 0 aliphatic heterocycles. The van der Waals surface area contributed by atoms with Crippen LogP contribution in [0.5, 0.6) is 17.2 Å². The van der Waals surface area contributed by atoms with Crippen molar-refractivity contribution in [1.82, 2.24) is 0 Å². The molecule has 0 spiro atoms. The number of aromatic hydroxyl groups is 1. The first-order chi connectivity index (χ1) is 9.22. The predicted octanol–water partition coefficient (Wildman–Crippen LogP) is 3.70. The first-order valence-electron chi connectivity index (χ1n) is 6.35. The van der Waals surface area contributed by atoms with Crippen molar-refractivity contribution in [3.8, 4) is 17.2 Å². The van der Waals surface area contributed by atoms with Gasteiger partial charge in [0.15, 0.2) is 5.78 Å². The smallest absolute Gasteiger partial charge is 0.163 e. The molecule has 0 fully saturated rings. The fraction of sp³-hybridized carbons (Fsp3) is 0.188. The number of aryl methyl sites for hydroxylation is 1. The van der Waals surface area contributed by atoms with E-state index in [4.69, 9.17) is 4.74 Å². The van der Waals surface area contributed by atoms with E-state index < -0.39 is 0 Å². The van der Waals surface area contributed by atoms with Gasteiger partial charge in [0.1, 0.15) is 17.2 Å². The number of carbonyl (C=O) groups is 1. The molecular weight excluding hydrogens is 240 g/mol. The third-order valence-electron chi connectivity index (χ3n) is 3.30. The van der Waals surface area contributed by atoms with Crippen molar-refractivity contribution in [3.05, 3.63) is 53.6 Å². The molecule has 3 heteroatoms. The highest BCUT2D eigenvalue weighted by Gasteiger charge is 2.17. The van der Waals surface area contributed by atoms with Gasteiger partial charge in [-0.15, -0.1) is 0 Å². The Morgan fingerprint density at radius 3 is 2.47 bits per heavy atom. The van der Waals surface area contributed by atoms with Gasteiger partial charge in [-0.05, 0) is 60.9 Å². The molecule has 0 amide bonds. The van der Waals surface area contributed by atoms with Gasteiger partial charge in [0.2, 0.25) is 0 Å². The minimum absolute atomic E-state index is 0.211. The highest BCUT2D eigenvalue weighted by Crippen LogP contribution is 2.28. The molecule has 2 aromatic carbocycles. The van der Waals surface area contributed by atoms with Crippen molar-refractivity contribution in [2.45, 2.75) is 19.3 Å². The summed E-state index contributed by atoms with van der Waals surface area (Å²) in [5, 5.41) is 9.22. The van der Waals surface area contributed by atoms with Gasteiger partial charge in [0.25, 0.3) is 0 Å². The predicted molar refractivity (Wildman–Crippen MR) is 71.9 cm³/mol. The lowest BCUT2D eigenvalue weighted by atomic mass is 9.90. The van der Waals surface area contributed by atoms with Gasteiger partial charge >= 0.3 is 0 Å². The van der Waals surface area contributed by atoms with Crippen LogP contribution in [0.1, 0.15) is 28.8 Å². The minimum Gasteiger partial charge on any atom is -0.508 e. The molecule has 1 aliphatic rings. The molecule has 0 heterocycles. The zero-order valence-corrected chi connectivity index (χ0v) is 10.4. The summed E-state index contributed by atoms with van der Waals surface area (Å²) in [5.74, 6) is 1.82. The van der Waals surface area contributed by atoms with Crippen LogP contribution in [0.25, 0.3) is 0 Å². The van der Waals surface area contributed by atoms with E-state index in [0.29, 0.717) is 12.2 Å². The zero-order valence-electron chi connectivity index (χ0n) is 10.4. The molecule has 0 saturated heterocycles. The number of rotatable bonds is 2. The van der Waals surface area contributed by atoms with Crippen LogP contribution in [-0.2, 0) is 6.42 Å². The van der Waals surface area contributed by atoms with E-state index in [0.717, 1.165) is 29.7 Å². The number of fused-ring (bicyclic) bond motifs is 1. The average molecular weight is 254 g/mol. The Morgan fingerprint density at radius 1 is 0.947 bits per heavy atom. The van der Waals surface area contributed by atoms with Crippen LogP contribution in [0.2, 0.25) is 0 Å². The Hall–Kier alpha value is -2.29. The first kappa shape index (κ1) is 11.8. The summed E-state index contributed by atoms with van der Waals surface area (Å²) in [7, 11) is 0. The number of benzene rings is 2. The third-order valence-corrected chi connectivity index (χ3v) is 3.30. The molecule has 0 bridgehead atoms. The van der Waals surface area contributed by atoms with Crippen molar-refractivity contribution < 1.29 is 14.6 Å². The van der Waals surface area contributed by atoms with Crippen molar-refractivity contribution in [2.24, 2.45) is 0 Å². The Bertz CT molecular complexity index is 614. The first-order valence-corrected chi connectivity index (χ1v) is 6.35. The van der Waals surface area contributed by atoms with Gasteiger partial charge < -0.3 is 9.84 Å². The summed E-state index contributed by atoms with van der Waals surface area (Å²) in [6.07, 6.45) is 2.48. The lowest BCUT2D eigenvalue weighted by Gasteiger charge is -2.15. The second-order valence-electron chi connectivity index (χ2n) is 4.69. The molecule has 0 aromatic heterocycles. The minimum atomic E-state index is 0.211. The average Bonchev–Trinajstić information content (AvgIpc) is 2.42. The highest BCUT2D eigenvalue weighted by atomic mass is 16.5. The SMILES string of the molecule is O=C1CCCc2cc(Oc3ccc(O)cc3)ccc21. The summed E-state index contributed by atoms with van der Waals surface area (Å²) in [4.78, 5) is 11.7. The van der Waals surface area contributed by atoms with Gasteiger partial charge in [0, 0.05) is 12.0 Å². The summed E-state index contributed by atoms with van der Waals surface area (Å²) in [5.41, 5.74) is 1.89. The van der Waals surface area contributed by atoms with Gasteiger partial charge in [-0.2, -0.15) is 0 Å². The van der Waals surface area contributed by atoms with E-state index in [2.05, 4.69) is 0 Å². The normalized spacial score (nSPS) is 14.0. The van der Waals surface area contributed by atoms with Crippen LogP contribution < -0.4 is 4.74 Å². The maximum absolute atomic E-state index is 11.7. The van der Waals surface area contributed by atoms with Gasteiger partial charge in [-0.1, -0.05) is 0 Å². The molecule has 3 rings (SSSR count). The topological polar surface area (TPSA) is 46.5 Å². The number of phenols is 1. The summed E-state index contributed by atoms with van der Waals surface area (Å²) in [6.45, 7) is 0. The van der Waals surface area contributed by atoms with Gasteiger partial charge in [-0.3, -0.25) is 4.79 Å². The molecule has 1 N–H and O–H groups in total. The van der Waals surface area contributed by atoms with Crippen LogP contribution in [0, 0.1) is 0 Å². The molecule has 1 aliphatic carbocycles. The van der Waals surface area contributed by atoms with E-state index >= 15 is 0 Å². The van der Waals surface area contributed by atoms with Crippen molar-refractivity contribution in [1.29, 1.82) is 0 Å². The summed E-state index contributed by atoms with van der Waals surface area (Å²) >= 11 is 0. The number of ether oxygens (including phenoxy) is 1. The number of ketones is 1. The van der Waals surface area contributed by atoms with E-state index in [1.54, 1.807) is 24.3 Å². The Morgan fingerprint density at radius 2 is 1.68 bits per heavy atom. The fourth-order valence-corrected chi connectivity index (χ4v) is 2.34. The second kappa shape index (κ2) is 4.76. The largest absolute Gasteiger partial charge is 0.508 e. The second-order valence-corrected chi connectivity index (χ2v) is 4.69. The van der Waals surface area contributed by atoms with Crippen LogP contribution in [0.4, 0.5) is 0 Å². The maximum Gasteiger partial charge on any atom is 0.163 e. The van der Waals surface area contributed by atoms with E-state index in [1.807, 2.05) is 18.2 Å². The molecule has 0 radical (unpaired) electrons. The molecular formula is C16H14O3. The molecule has 19 heavy (non-hydrogen) atoms. The molecule has 0 atom stereocenters. The molecule has 2 aromatic rings. The number of phenolic OH excluding ortho intramolecular Hbond substituents is 1. The number of hydrogen-bond acceptors (Lipinski definition) is 3. The Labute approximate surface area is 111 Å². The van der Waals surface area contributed by atoms with Crippen LogP contribution in [0.15, 0.2) is 42.5 Å². The Kier molecular flexibility index (Phi) is 2.95. The van der Waals surface area contributed by atoms with E-state index in [-0.39, 0.29) is 11.5 Å². The third kappa shape index (κ3) is 2.45. The quantitative estimate of drug-likeness (QED) is 0.888. The van der Waals surface area contributed by atoms with Crippen LogP contribution >= 0.6 is 0 Å². The van der Waals surface area contributed by atoms with E-state index in [1.165, 1.54) is 0 Å². The standard InChI is InChI=1S/C16H14O3/c17-12-4-6-13(7-5-12)19-14-8-9-15-11(10-14)2-1-3-16(15)18/h4-10,17H,1-3H2. The fourth-order valence-electron chi connectivity index (χ4n) is 2.34. The van der Waals surface area contributed by atoms with Gasteiger partial charge in [-0.25, -0.2) is 0 Å². The van der Waals surface area contributed by atoms with Crippen molar-refractivity contribution in [3.63, 3.8) is 0 Å². The maximum atomic E-state index is 11.7. The number of Topliss-reactive ketones (excluding diaryl/α,β-unsaturated/α-hetero) is 1. The van der Waals surface area contributed by atoms with Crippen molar-refractivity contribution >= 4 is 5.78 Å². The van der Waals surface area contributed by atoms with E-state index in [9.17, 15) is 9.90 Å². The zero-order chi connectivity index (χ0) is 13.2. The molecule has 96 valence electrons. The number of carbonyl (C=O) groups excluding carboxylic acids is 1. The highest BCUT2D eigenvalue weighted by molar-refractivity contribution is 5.98. The lowest BCUT2D eigenvalue weighted by molar-refractivity contribution is 0.0972. The Balaban J connectivity index is 1.86. The van der Waals surface area contributed by atoms with Crippen LogP contribution in [-0.4, -0.2) is 10.9 Å². The monoisotopic (exact) mass is 254 g/mol.